The molecule has 10 heteroatoms. The number of carbonyl (C=O) groups is 1. The van der Waals surface area contributed by atoms with Crippen LogP contribution in [-0.4, -0.2) is 48.9 Å². The molecule has 1 aromatic carbocycles. The lowest BCUT2D eigenvalue weighted by molar-refractivity contribution is -0.0268. The standard InChI is InChI=1S/C25H26FN5O4/c1-14-4-5-16(22-29-24(35-30-22)17-10-18(17)26)9-19(14)28-23(32)20-11-27-21-8-15(6-7-31(20)21)12-34-13-25(2,3)33/h4-9,11,17-18,33H,10,12-13H2,1-3H3,(H,28,32)/t17-,18+/m1/s1. The lowest BCUT2D eigenvalue weighted by Gasteiger charge is -2.16. The van der Waals surface area contributed by atoms with Gasteiger partial charge in [0.25, 0.3) is 5.91 Å². The number of halogens is 1. The molecule has 2 atom stereocenters. The first-order valence-electron chi connectivity index (χ1n) is 11.3. The number of carbonyl (C=O) groups excluding carboxylic acids is 1. The molecule has 0 radical (unpaired) electrons. The van der Waals surface area contributed by atoms with E-state index in [1.54, 1.807) is 30.5 Å². The van der Waals surface area contributed by atoms with Gasteiger partial charge >= 0.3 is 0 Å². The third-order valence-electron chi connectivity index (χ3n) is 5.75. The summed E-state index contributed by atoms with van der Waals surface area (Å²) in [5, 5.41) is 16.7. The van der Waals surface area contributed by atoms with Crippen molar-refractivity contribution in [3.63, 3.8) is 0 Å². The Bertz CT molecular complexity index is 1390. The predicted octanol–water partition coefficient (Wildman–Crippen LogP) is 4.06. The van der Waals surface area contributed by atoms with Gasteiger partial charge in [0, 0.05) is 17.4 Å². The molecule has 0 aliphatic heterocycles. The Kier molecular flexibility index (Phi) is 5.86. The topological polar surface area (TPSA) is 115 Å². The maximum absolute atomic E-state index is 13.3. The second-order valence-corrected chi connectivity index (χ2v) is 9.51. The van der Waals surface area contributed by atoms with Gasteiger partial charge in [-0.05, 0) is 56.5 Å². The second-order valence-electron chi connectivity index (χ2n) is 9.51. The van der Waals surface area contributed by atoms with Gasteiger partial charge in [-0.1, -0.05) is 17.3 Å². The molecule has 5 rings (SSSR count). The number of hydrogen-bond donors (Lipinski definition) is 2. The van der Waals surface area contributed by atoms with E-state index in [9.17, 15) is 14.3 Å². The first-order chi connectivity index (χ1) is 16.7. The molecule has 1 fully saturated rings. The van der Waals surface area contributed by atoms with E-state index in [0.29, 0.717) is 47.3 Å². The van der Waals surface area contributed by atoms with Gasteiger partial charge in [0.15, 0.2) is 0 Å². The van der Waals surface area contributed by atoms with E-state index >= 15 is 0 Å². The molecule has 0 saturated heterocycles. The molecule has 1 aliphatic carbocycles. The Morgan fingerprint density at radius 2 is 2.14 bits per heavy atom. The van der Waals surface area contributed by atoms with Gasteiger partial charge in [-0.3, -0.25) is 9.20 Å². The number of nitrogens with one attached hydrogen (secondary N) is 1. The van der Waals surface area contributed by atoms with E-state index in [0.717, 1.165) is 11.1 Å². The summed E-state index contributed by atoms with van der Waals surface area (Å²) in [6.45, 7) is 5.78. The Morgan fingerprint density at radius 1 is 1.34 bits per heavy atom. The molecule has 1 saturated carbocycles. The van der Waals surface area contributed by atoms with Crippen LogP contribution in [0.1, 0.15) is 53.7 Å². The summed E-state index contributed by atoms with van der Waals surface area (Å²) in [5.74, 6) is 0.0124. The quantitative estimate of drug-likeness (QED) is 0.392. The summed E-state index contributed by atoms with van der Waals surface area (Å²) in [7, 11) is 0. The van der Waals surface area contributed by atoms with Gasteiger partial charge in [0.1, 0.15) is 17.5 Å². The number of ether oxygens (including phenoxy) is 1. The van der Waals surface area contributed by atoms with Crippen LogP contribution in [0.2, 0.25) is 0 Å². The van der Waals surface area contributed by atoms with Crippen molar-refractivity contribution < 1.29 is 23.6 Å². The van der Waals surface area contributed by atoms with E-state index in [4.69, 9.17) is 9.26 Å². The lowest BCUT2D eigenvalue weighted by atomic mass is 10.1. The molecule has 0 bridgehead atoms. The van der Waals surface area contributed by atoms with Crippen LogP contribution in [0, 0.1) is 6.92 Å². The van der Waals surface area contributed by atoms with Crippen LogP contribution in [0.15, 0.2) is 47.2 Å². The molecular formula is C25H26FN5O4. The van der Waals surface area contributed by atoms with Gasteiger partial charge in [-0.15, -0.1) is 0 Å². The Balaban J connectivity index is 1.31. The second kappa shape index (κ2) is 8.86. The van der Waals surface area contributed by atoms with Crippen molar-refractivity contribution in [2.24, 2.45) is 0 Å². The number of hydrogen-bond acceptors (Lipinski definition) is 7. The van der Waals surface area contributed by atoms with Crippen LogP contribution < -0.4 is 5.32 Å². The van der Waals surface area contributed by atoms with Crippen molar-refractivity contribution in [2.75, 3.05) is 11.9 Å². The van der Waals surface area contributed by atoms with Crippen molar-refractivity contribution in [2.45, 2.75) is 51.5 Å². The highest BCUT2D eigenvalue weighted by Gasteiger charge is 2.43. The number of amides is 1. The van der Waals surface area contributed by atoms with Crippen LogP contribution in [0.5, 0.6) is 0 Å². The minimum Gasteiger partial charge on any atom is -0.388 e. The predicted molar refractivity (Wildman–Crippen MR) is 126 cm³/mol. The molecule has 35 heavy (non-hydrogen) atoms. The van der Waals surface area contributed by atoms with E-state index in [-0.39, 0.29) is 18.4 Å². The monoisotopic (exact) mass is 479 g/mol. The molecule has 4 aromatic rings. The van der Waals surface area contributed by atoms with Crippen molar-refractivity contribution in [3.8, 4) is 11.4 Å². The molecule has 0 spiro atoms. The van der Waals surface area contributed by atoms with Crippen molar-refractivity contribution in [1.29, 1.82) is 0 Å². The molecule has 9 nitrogen and oxygen atoms in total. The number of anilines is 1. The number of imidazole rings is 1. The zero-order valence-electron chi connectivity index (χ0n) is 19.7. The average Bonchev–Trinajstić information content (AvgIpc) is 3.19. The summed E-state index contributed by atoms with van der Waals surface area (Å²) in [6, 6.07) is 9.13. The molecular weight excluding hydrogens is 453 g/mol. The molecule has 2 N–H and O–H groups in total. The number of benzene rings is 1. The maximum atomic E-state index is 13.3. The Labute approximate surface area is 200 Å². The first-order valence-corrected chi connectivity index (χ1v) is 11.3. The van der Waals surface area contributed by atoms with Crippen LogP contribution in [0.25, 0.3) is 17.0 Å². The SMILES string of the molecule is Cc1ccc(-c2noc([C@@H]3C[C@@H]3F)n2)cc1NC(=O)c1cnc2cc(COCC(C)(C)O)ccn12. The van der Waals surface area contributed by atoms with Gasteiger partial charge < -0.3 is 19.7 Å². The summed E-state index contributed by atoms with van der Waals surface area (Å²) >= 11 is 0. The fraction of sp³-hybridized carbons (Fsp3) is 0.360. The van der Waals surface area contributed by atoms with Crippen molar-refractivity contribution >= 4 is 17.2 Å². The third kappa shape index (κ3) is 5.08. The largest absolute Gasteiger partial charge is 0.388 e. The zero-order chi connectivity index (χ0) is 24.7. The average molecular weight is 480 g/mol. The highest BCUT2D eigenvalue weighted by Crippen LogP contribution is 2.43. The zero-order valence-corrected chi connectivity index (χ0v) is 19.7. The minimum atomic E-state index is -0.919. The number of alkyl halides is 1. The fourth-order valence-corrected chi connectivity index (χ4v) is 3.70. The summed E-state index contributed by atoms with van der Waals surface area (Å²) < 4.78 is 25.7. The summed E-state index contributed by atoms with van der Waals surface area (Å²) in [5.41, 5.74) is 3.07. The van der Waals surface area contributed by atoms with Crippen molar-refractivity contribution in [1.82, 2.24) is 19.5 Å². The van der Waals surface area contributed by atoms with E-state index in [2.05, 4.69) is 20.4 Å². The molecule has 182 valence electrons. The number of aromatic nitrogens is 4. The first kappa shape index (κ1) is 23.1. The number of rotatable bonds is 8. The minimum absolute atomic E-state index is 0.209. The van der Waals surface area contributed by atoms with Crippen molar-refractivity contribution in [3.05, 3.63) is 65.4 Å². The van der Waals surface area contributed by atoms with E-state index < -0.39 is 11.8 Å². The van der Waals surface area contributed by atoms with Crippen LogP contribution in [0.4, 0.5) is 10.1 Å². The van der Waals surface area contributed by atoms with Crippen LogP contribution >= 0.6 is 0 Å². The highest BCUT2D eigenvalue weighted by molar-refractivity contribution is 6.04. The van der Waals surface area contributed by atoms with Crippen LogP contribution in [0.3, 0.4) is 0 Å². The van der Waals surface area contributed by atoms with Gasteiger partial charge in [-0.25, -0.2) is 9.37 Å². The number of aryl methyl sites for hydroxylation is 1. The summed E-state index contributed by atoms with van der Waals surface area (Å²) in [4.78, 5) is 21.7. The normalized spacial score (nSPS) is 17.6. The number of fused-ring (bicyclic) bond motifs is 1. The van der Waals surface area contributed by atoms with E-state index in [1.165, 1.54) is 6.20 Å². The Morgan fingerprint density at radius 3 is 2.89 bits per heavy atom. The lowest BCUT2D eigenvalue weighted by Crippen LogP contribution is -2.25. The molecule has 3 heterocycles. The third-order valence-corrected chi connectivity index (χ3v) is 5.75. The molecule has 1 aliphatic rings. The molecule has 3 aromatic heterocycles. The van der Waals surface area contributed by atoms with Gasteiger partial charge in [0.05, 0.1) is 30.9 Å². The molecule has 0 unspecified atom stereocenters. The highest BCUT2D eigenvalue weighted by atomic mass is 19.1. The Hall–Kier alpha value is -3.63. The summed E-state index contributed by atoms with van der Waals surface area (Å²) in [6.07, 6.45) is 2.77. The fourth-order valence-electron chi connectivity index (χ4n) is 3.70. The van der Waals surface area contributed by atoms with Crippen LogP contribution in [-0.2, 0) is 11.3 Å². The van der Waals surface area contributed by atoms with E-state index in [1.807, 2.05) is 31.2 Å². The van der Waals surface area contributed by atoms with Gasteiger partial charge in [0.2, 0.25) is 11.7 Å². The molecule has 1 amide bonds. The maximum Gasteiger partial charge on any atom is 0.274 e. The number of nitrogens with zero attached hydrogens (tertiary/aromatic N) is 4. The van der Waals surface area contributed by atoms with Gasteiger partial charge in [-0.2, -0.15) is 4.98 Å². The number of pyridine rings is 1. The smallest absolute Gasteiger partial charge is 0.274 e. The number of aliphatic hydroxyl groups is 1.